The maximum atomic E-state index is 12.7. The van der Waals surface area contributed by atoms with E-state index < -0.39 is 0 Å². The highest BCUT2D eigenvalue weighted by Crippen LogP contribution is 2.20. The molecule has 1 fully saturated rings. The van der Waals surface area contributed by atoms with Gasteiger partial charge >= 0.3 is 6.03 Å². The van der Waals surface area contributed by atoms with Gasteiger partial charge in [-0.3, -0.25) is 0 Å². The zero-order valence-electron chi connectivity index (χ0n) is 18.0. The average molecular weight is 414 g/mol. The third-order valence-electron chi connectivity index (χ3n) is 4.91. The van der Waals surface area contributed by atoms with Crippen LogP contribution in [0.15, 0.2) is 36.4 Å². The fourth-order valence-corrected chi connectivity index (χ4v) is 3.18. The molecule has 1 aliphatic rings. The minimum atomic E-state index is -0.128. The molecule has 1 atom stereocenters. The molecule has 0 radical (unpaired) electrons. The van der Waals surface area contributed by atoms with E-state index in [1.165, 1.54) is 0 Å². The van der Waals surface area contributed by atoms with E-state index in [1.54, 1.807) is 4.90 Å². The quantitative estimate of drug-likeness (QED) is 0.663. The Hall–Kier alpha value is -3.03. The Morgan fingerprint density at radius 1 is 1.20 bits per heavy atom. The first-order valence-corrected chi connectivity index (χ1v) is 10.5. The summed E-state index contributed by atoms with van der Waals surface area (Å²) < 4.78 is 11.6. The molecule has 0 bridgehead atoms. The van der Waals surface area contributed by atoms with Gasteiger partial charge in [-0.05, 0) is 49.6 Å². The zero-order valence-corrected chi connectivity index (χ0v) is 18.0. The van der Waals surface area contributed by atoms with Gasteiger partial charge in [-0.1, -0.05) is 13.3 Å². The number of benzene rings is 1. The van der Waals surface area contributed by atoms with Crippen molar-refractivity contribution in [2.45, 2.75) is 38.7 Å². The summed E-state index contributed by atoms with van der Waals surface area (Å²) >= 11 is 0. The molecule has 2 heterocycles. The molecule has 2 aromatic rings. The fourth-order valence-electron chi connectivity index (χ4n) is 3.18. The van der Waals surface area contributed by atoms with E-state index in [1.807, 2.05) is 55.4 Å². The minimum Gasteiger partial charge on any atom is -0.494 e. The predicted molar refractivity (Wildman–Crippen MR) is 117 cm³/mol. The lowest BCUT2D eigenvalue weighted by atomic mass is 10.1. The highest BCUT2D eigenvalue weighted by Gasteiger charge is 2.25. The van der Waals surface area contributed by atoms with Crippen molar-refractivity contribution in [2.75, 3.05) is 44.0 Å². The average Bonchev–Trinajstić information content (AvgIpc) is 2.76. The van der Waals surface area contributed by atoms with E-state index in [9.17, 15) is 4.79 Å². The predicted octanol–water partition coefficient (Wildman–Crippen LogP) is 3.80. The lowest BCUT2D eigenvalue weighted by Gasteiger charge is -2.32. The first kappa shape index (κ1) is 21.7. The van der Waals surface area contributed by atoms with Crippen molar-refractivity contribution >= 4 is 17.5 Å². The summed E-state index contributed by atoms with van der Waals surface area (Å²) in [4.78, 5) is 16.3. The van der Waals surface area contributed by atoms with Crippen LogP contribution in [0.3, 0.4) is 0 Å². The molecule has 1 N–H and O–H groups in total. The van der Waals surface area contributed by atoms with Crippen LogP contribution in [0.4, 0.5) is 16.3 Å². The number of likely N-dealkylation sites (tertiary alicyclic amines) is 1. The van der Waals surface area contributed by atoms with Crippen molar-refractivity contribution in [3.05, 3.63) is 36.4 Å². The van der Waals surface area contributed by atoms with Crippen molar-refractivity contribution in [1.82, 2.24) is 15.1 Å². The second-order valence-electron chi connectivity index (χ2n) is 7.61. The lowest BCUT2D eigenvalue weighted by molar-refractivity contribution is 0.102. The number of nitrogens with one attached hydrogen (secondary N) is 1. The number of amides is 2. The van der Waals surface area contributed by atoms with Crippen LogP contribution in [0.25, 0.3) is 0 Å². The van der Waals surface area contributed by atoms with Gasteiger partial charge < -0.3 is 24.6 Å². The largest absolute Gasteiger partial charge is 0.494 e. The standard InChI is InChI=1S/C22H31N5O3/c1-4-5-15-29-18-10-8-17(9-11-18)23-22(28)27-14-6-7-19(16-27)30-21-13-12-20(24-25-21)26(2)3/h8-13,19H,4-7,14-16H2,1-3H3,(H,23,28). The normalized spacial score (nSPS) is 16.1. The Labute approximate surface area is 178 Å². The Kier molecular flexibility index (Phi) is 7.70. The smallest absolute Gasteiger partial charge is 0.321 e. The van der Waals surface area contributed by atoms with Gasteiger partial charge in [0.2, 0.25) is 5.88 Å². The van der Waals surface area contributed by atoms with Gasteiger partial charge in [-0.15, -0.1) is 10.2 Å². The van der Waals surface area contributed by atoms with Crippen molar-refractivity contribution in [1.29, 1.82) is 0 Å². The molecular formula is C22H31N5O3. The topological polar surface area (TPSA) is 79.8 Å². The van der Waals surface area contributed by atoms with Crippen LogP contribution in [0, 0.1) is 0 Å². The molecular weight excluding hydrogens is 382 g/mol. The van der Waals surface area contributed by atoms with Crippen molar-refractivity contribution in [3.8, 4) is 11.6 Å². The number of hydrogen-bond donors (Lipinski definition) is 1. The Bertz CT molecular complexity index is 795. The third kappa shape index (κ3) is 6.23. The van der Waals surface area contributed by atoms with E-state index >= 15 is 0 Å². The molecule has 8 nitrogen and oxygen atoms in total. The van der Waals surface area contributed by atoms with E-state index in [-0.39, 0.29) is 12.1 Å². The number of aromatic nitrogens is 2. The molecule has 8 heteroatoms. The van der Waals surface area contributed by atoms with Crippen LogP contribution in [0.5, 0.6) is 11.6 Å². The van der Waals surface area contributed by atoms with E-state index in [0.29, 0.717) is 25.6 Å². The van der Waals surface area contributed by atoms with Crippen LogP contribution in [-0.2, 0) is 0 Å². The maximum absolute atomic E-state index is 12.7. The van der Waals surface area contributed by atoms with Crippen LogP contribution in [0.2, 0.25) is 0 Å². The molecule has 1 saturated heterocycles. The molecule has 1 aromatic heterocycles. The van der Waals surface area contributed by atoms with Crippen LogP contribution < -0.4 is 19.7 Å². The molecule has 1 unspecified atom stereocenters. The molecule has 0 saturated carbocycles. The molecule has 0 aliphatic carbocycles. The summed E-state index contributed by atoms with van der Waals surface area (Å²) in [7, 11) is 3.82. The lowest BCUT2D eigenvalue weighted by Crippen LogP contribution is -2.46. The van der Waals surface area contributed by atoms with E-state index in [0.717, 1.165) is 42.9 Å². The number of ether oxygens (including phenoxy) is 2. The first-order chi connectivity index (χ1) is 14.5. The highest BCUT2D eigenvalue weighted by molar-refractivity contribution is 5.89. The molecule has 0 spiro atoms. The molecule has 30 heavy (non-hydrogen) atoms. The molecule has 3 rings (SSSR count). The van der Waals surface area contributed by atoms with Gasteiger partial charge in [0.05, 0.1) is 13.2 Å². The zero-order chi connectivity index (χ0) is 21.3. The second kappa shape index (κ2) is 10.7. The molecule has 1 aliphatic heterocycles. The number of urea groups is 1. The first-order valence-electron chi connectivity index (χ1n) is 10.5. The van der Waals surface area contributed by atoms with Crippen LogP contribution in [-0.4, -0.2) is 61.0 Å². The summed E-state index contributed by atoms with van der Waals surface area (Å²) in [5.74, 6) is 2.06. The summed E-state index contributed by atoms with van der Waals surface area (Å²) in [5.41, 5.74) is 0.746. The highest BCUT2D eigenvalue weighted by atomic mass is 16.5. The van der Waals surface area contributed by atoms with Gasteiger partial charge in [0, 0.05) is 32.4 Å². The number of hydrogen-bond acceptors (Lipinski definition) is 6. The number of nitrogens with zero attached hydrogens (tertiary/aromatic N) is 4. The summed E-state index contributed by atoms with van der Waals surface area (Å²) in [6.45, 7) is 4.06. The second-order valence-corrected chi connectivity index (χ2v) is 7.61. The van der Waals surface area contributed by atoms with Gasteiger partial charge in [-0.2, -0.15) is 0 Å². The maximum Gasteiger partial charge on any atom is 0.321 e. The Morgan fingerprint density at radius 3 is 2.67 bits per heavy atom. The fraction of sp³-hybridized carbons (Fsp3) is 0.500. The van der Waals surface area contributed by atoms with Crippen LogP contribution >= 0.6 is 0 Å². The summed E-state index contributed by atoms with van der Waals surface area (Å²) in [6, 6.07) is 11.0. The molecule has 162 valence electrons. The number of carbonyl (C=O) groups excluding carboxylic acids is 1. The van der Waals surface area contributed by atoms with Crippen molar-refractivity contribution in [3.63, 3.8) is 0 Å². The van der Waals surface area contributed by atoms with Crippen LogP contribution in [0.1, 0.15) is 32.6 Å². The van der Waals surface area contributed by atoms with Gasteiger partial charge in [0.25, 0.3) is 0 Å². The van der Waals surface area contributed by atoms with Gasteiger partial charge in [0.1, 0.15) is 11.9 Å². The van der Waals surface area contributed by atoms with Gasteiger partial charge in [0.15, 0.2) is 5.82 Å². The molecule has 1 aromatic carbocycles. The third-order valence-corrected chi connectivity index (χ3v) is 4.91. The van der Waals surface area contributed by atoms with Crippen molar-refractivity contribution < 1.29 is 14.3 Å². The number of piperidine rings is 1. The van der Waals surface area contributed by atoms with Crippen molar-refractivity contribution in [2.24, 2.45) is 0 Å². The number of anilines is 2. The number of unbranched alkanes of at least 4 members (excludes halogenated alkanes) is 1. The van der Waals surface area contributed by atoms with E-state index in [4.69, 9.17) is 9.47 Å². The summed E-state index contributed by atoms with van der Waals surface area (Å²) in [5, 5.41) is 11.2. The Balaban J connectivity index is 1.50. The molecule has 2 amide bonds. The number of rotatable bonds is 8. The Morgan fingerprint density at radius 2 is 2.00 bits per heavy atom. The number of carbonyl (C=O) groups is 1. The van der Waals surface area contributed by atoms with Gasteiger partial charge in [-0.25, -0.2) is 4.79 Å². The SMILES string of the molecule is CCCCOc1ccc(NC(=O)N2CCCC(Oc3ccc(N(C)C)nn3)C2)cc1. The summed E-state index contributed by atoms with van der Waals surface area (Å²) in [6.07, 6.45) is 3.79. The van der Waals surface area contributed by atoms with E-state index in [2.05, 4.69) is 22.4 Å². The monoisotopic (exact) mass is 413 g/mol. The minimum absolute atomic E-state index is 0.0988.